The summed E-state index contributed by atoms with van der Waals surface area (Å²) >= 11 is 6.01. The molecule has 9 heteroatoms. The fraction of sp³-hybridized carbons (Fsp3) is 0.500. The maximum absolute atomic E-state index is 11.8. The molecule has 134 valence electrons. The number of piperazine rings is 1. The number of tetrazole rings is 1. The predicted octanol–water partition coefficient (Wildman–Crippen LogP) is 2.15. The second-order valence-electron chi connectivity index (χ2n) is 5.81. The van der Waals surface area contributed by atoms with Crippen LogP contribution in [-0.2, 0) is 4.74 Å². The van der Waals surface area contributed by atoms with Crippen LogP contribution in [-0.4, -0.2) is 68.9 Å². The molecule has 1 saturated heterocycles. The Morgan fingerprint density at radius 1 is 1.32 bits per heavy atom. The maximum atomic E-state index is 11.8. The molecule has 8 nitrogen and oxygen atoms in total. The molecule has 1 aliphatic rings. The highest BCUT2D eigenvalue weighted by Gasteiger charge is 2.27. The monoisotopic (exact) mass is 364 g/mol. The first-order valence-electron chi connectivity index (χ1n) is 8.30. The molecule has 1 aromatic carbocycles. The minimum atomic E-state index is -0.250. The highest BCUT2D eigenvalue weighted by molar-refractivity contribution is 6.30. The summed E-state index contributed by atoms with van der Waals surface area (Å²) in [5.41, 5.74) is 0.769. The van der Waals surface area contributed by atoms with Gasteiger partial charge in [0.2, 0.25) is 0 Å². The molecule has 0 spiro atoms. The third kappa shape index (κ3) is 4.08. The van der Waals surface area contributed by atoms with E-state index in [-0.39, 0.29) is 12.1 Å². The van der Waals surface area contributed by atoms with Crippen molar-refractivity contribution in [1.82, 2.24) is 30.0 Å². The summed E-state index contributed by atoms with van der Waals surface area (Å²) in [6.45, 7) is 6.99. The van der Waals surface area contributed by atoms with Crippen molar-refractivity contribution in [2.45, 2.75) is 19.9 Å². The van der Waals surface area contributed by atoms with E-state index < -0.39 is 0 Å². The number of nitrogens with zero attached hydrogens (tertiary/aromatic N) is 6. The SMILES string of the molecule is CCOC(=O)N1CCN([C@@H](C)c2nnn(-c3cccc(Cl)c3)n2)CC1. The molecule has 0 saturated carbocycles. The molecule has 0 aliphatic carbocycles. The van der Waals surface area contributed by atoms with Gasteiger partial charge in [0.1, 0.15) is 0 Å². The van der Waals surface area contributed by atoms with Crippen molar-refractivity contribution >= 4 is 17.7 Å². The fourth-order valence-electron chi connectivity index (χ4n) is 2.77. The average Bonchev–Trinajstić information content (AvgIpc) is 3.11. The molecule has 2 heterocycles. The Balaban J connectivity index is 1.63. The molecule has 1 fully saturated rings. The number of halogens is 1. The average molecular weight is 365 g/mol. The van der Waals surface area contributed by atoms with Crippen LogP contribution in [0.2, 0.25) is 5.02 Å². The van der Waals surface area contributed by atoms with Gasteiger partial charge in [-0.3, -0.25) is 4.90 Å². The zero-order chi connectivity index (χ0) is 17.8. The number of carbonyl (C=O) groups excluding carboxylic acids is 1. The number of carbonyl (C=O) groups is 1. The summed E-state index contributed by atoms with van der Waals surface area (Å²) in [6.07, 6.45) is -0.250. The van der Waals surface area contributed by atoms with Gasteiger partial charge in [0.25, 0.3) is 0 Å². The van der Waals surface area contributed by atoms with Crippen LogP contribution in [0.4, 0.5) is 4.79 Å². The Morgan fingerprint density at radius 2 is 2.08 bits per heavy atom. The number of amides is 1. The summed E-state index contributed by atoms with van der Waals surface area (Å²) in [5, 5.41) is 13.4. The Labute approximate surface area is 151 Å². The van der Waals surface area contributed by atoms with Gasteiger partial charge in [0, 0.05) is 31.2 Å². The van der Waals surface area contributed by atoms with Crippen molar-refractivity contribution in [1.29, 1.82) is 0 Å². The minimum absolute atomic E-state index is 0.0114. The van der Waals surface area contributed by atoms with E-state index >= 15 is 0 Å². The summed E-state index contributed by atoms with van der Waals surface area (Å²) in [7, 11) is 0. The van der Waals surface area contributed by atoms with Crippen LogP contribution >= 0.6 is 11.6 Å². The molecule has 0 unspecified atom stereocenters. The van der Waals surface area contributed by atoms with Crippen LogP contribution in [0, 0.1) is 0 Å². The standard InChI is InChI=1S/C16H21ClN6O2/c1-3-25-16(24)22-9-7-21(8-10-22)12(2)15-18-20-23(19-15)14-6-4-5-13(17)11-14/h4-6,11-12H,3,7-10H2,1-2H3/t12-/m0/s1. The zero-order valence-electron chi connectivity index (χ0n) is 14.3. The van der Waals surface area contributed by atoms with Crippen molar-refractivity contribution < 1.29 is 9.53 Å². The molecule has 1 aliphatic heterocycles. The molecule has 2 aromatic rings. The lowest BCUT2D eigenvalue weighted by molar-refractivity contribution is 0.0673. The largest absolute Gasteiger partial charge is 0.450 e. The topological polar surface area (TPSA) is 76.4 Å². The van der Waals surface area contributed by atoms with E-state index in [4.69, 9.17) is 16.3 Å². The minimum Gasteiger partial charge on any atom is -0.450 e. The highest BCUT2D eigenvalue weighted by Crippen LogP contribution is 2.19. The number of ether oxygens (including phenoxy) is 1. The predicted molar refractivity (Wildman–Crippen MR) is 92.7 cm³/mol. The summed E-state index contributed by atoms with van der Waals surface area (Å²) in [6, 6.07) is 7.32. The van der Waals surface area contributed by atoms with E-state index in [9.17, 15) is 4.79 Å². The molecule has 1 amide bonds. The third-order valence-electron chi connectivity index (χ3n) is 4.23. The van der Waals surface area contributed by atoms with E-state index in [0.29, 0.717) is 30.5 Å². The van der Waals surface area contributed by atoms with Gasteiger partial charge in [0.15, 0.2) is 5.82 Å². The number of benzene rings is 1. The smallest absolute Gasteiger partial charge is 0.409 e. The number of hydrogen-bond acceptors (Lipinski definition) is 6. The van der Waals surface area contributed by atoms with Crippen molar-refractivity contribution in [3.63, 3.8) is 0 Å². The first-order chi connectivity index (χ1) is 12.1. The fourth-order valence-corrected chi connectivity index (χ4v) is 2.96. The summed E-state index contributed by atoms with van der Waals surface area (Å²) in [4.78, 5) is 17.2. The molecule has 0 radical (unpaired) electrons. The first kappa shape index (κ1) is 17.6. The second-order valence-corrected chi connectivity index (χ2v) is 6.25. The first-order valence-corrected chi connectivity index (χ1v) is 8.68. The van der Waals surface area contributed by atoms with Crippen molar-refractivity contribution in [3.05, 3.63) is 35.1 Å². The second kappa shape index (κ2) is 7.79. The molecular formula is C16H21ClN6O2. The summed E-state index contributed by atoms with van der Waals surface area (Å²) in [5.74, 6) is 0.643. The molecule has 0 N–H and O–H groups in total. The number of rotatable bonds is 4. The van der Waals surface area contributed by atoms with Gasteiger partial charge in [-0.25, -0.2) is 4.79 Å². The molecule has 25 heavy (non-hydrogen) atoms. The van der Waals surface area contributed by atoms with Gasteiger partial charge in [-0.15, -0.1) is 15.0 Å². The Hall–Kier alpha value is -2.19. The molecule has 3 rings (SSSR count). The van der Waals surface area contributed by atoms with E-state index in [0.717, 1.165) is 18.8 Å². The highest BCUT2D eigenvalue weighted by atomic mass is 35.5. The van der Waals surface area contributed by atoms with Gasteiger partial charge >= 0.3 is 6.09 Å². The quantitative estimate of drug-likeness (QED) is 0.827. The van der Waals surface area contributed by atoms with Gasteiger partial charge in [0.05, 0.1) is 18.3 Å². The van der Waals surface area contributed by atoms with E-state index in [2.05, 4.69) is 20.3 Å². The number of hydrogen-bond donors (Lipinski definition) is 0. The van der Waals surface area contributed by atoms with E-state index in [1.165, 1.54) is 4.80 Å². The molecule has 1 atom stereocenters. The normalized spacial score (nSPS) is 16.7. The maximum Gasteiger partial charge on any atom is 0.409 e. The van der Waals surface area contributed by atoms with Crippen LogP contribution in [0.3, 0.4) is 0 Å². The van der Waals surface area contributed by atoms with Crippen molar-refractivity contribution in [2.24, 2.45) is 0 Å². The summed E-state index contributed by atoms with van der Waals surface area (Å²) < 4.78 is 5.04. The van der Waals surface area contributed by atoms with Gasteiger partial charge < -0.3 is 9.64 Å². The van der Waals surface area contributed by atoms with Crippen LogP contribution in [0.15, 0.2) is 24.3 Å². The molecular weight excluding hydrogens is 344 g/mol. The van der Waals surface area contributed by atoms with Crippen LogP contribution in [0.1, 0.15) is 25.7 Å². The van der Waals surface area contributed by atoms with Gasteiger partial charge in [-0.05, 0) is 37.3 Å². The van der Waals surface area contributed by atoms with Crippen LogP contribution in [0.25, 0.3) is 5.69 Å². The third-order valence-corrected chi connectivity index (χ3v) is 4.46. The molecule has 1 aromatic heterocycles. The van der Waals surface area contributed by atoms with Crippen molar-refractivity contribution in [3.8, 4) is 5.69 Å². The van der Waals surface area contributed by atoms with E-state index in [1.54, 1.807) is 17.0 Å². The van der Waals surface area contributed by atoms with E-state index in [1.807, 2.05) is 26.0 Å². The van der Waals surface area contributed by atoms with Gasteiger partial charge in [-0.1, -0.05) is 17.7 Å². The van der Waals surface area contributed by atoms with Gasteiger partial charge in [-0.2, -0.15) is 0 Å². The van der Waals surface area contributed by atoms with Crippen LogP contribution < -0.4 is 0 Å². The van der Waals surface area contributed by atoms with Crippen LogP contribution in [0.5, 0.6) is 0 Å². The lowest BCUT2D eigenvalue weighted by Gasteiger charge is -2.36. The Morgan fingerprint density at radius 3 is 2.76 bits per heavy atom. The molecule has 0 bridgehead atoms. The lowest BCUT2D eigenvalue weighted by atomic mass is 10.2. The zero-order valence-corrected chi connectivity index (χ0v) is 15.1. The van der Waals surface area contributed by atoms with Crippen molar-refractivity contribution in [2.75, 3.05) is 32.8 Å². The Kier molecular flexibility index (Phi) is 5.50. The number of aromatic nitrogens is 4. The Bertz CT molecular complexity index is 729. The lowest BCUT2D eigenvalue weighted by Crippen LogP contribution is -2.49.